The van der Waals surface area contributed by atoms with Gasteiger partial charge in [0.25, 0.3) is 0 Å². The van der Waals surface area contributed by atoms with E-state index in [1.165, 1.54) is 4.88 Å². The Morgan fingerprint density at radius 2 is 1.78 bits per heavy atom. The summed E-state index contributed by atoms with van der Waals surface area (Å²) in [6.45, 7) is 11.6. The first-order valence-electron chi connectivity index (χ1n) is 12.2. The van der Waals surface area contributed by atoms with Crippen molar-refractivity contribution in [3.8, 4) is 5.00 Å². The molecule has 196 valence electrons. The molecule has 0 unspecified atom stereocenters. The summed E-state index contributed by atoms with van der Waals surface area (Å²) in [6.07, 6.45) is 0.559. The number of aromatic nitrogens is 3. The van der Waals surface area contributed by atoms with Crippen LogP contribution in [0.5, 0.6) is 0 Å². The number of carbonyl (C=O) groups excluding carboxylic acids is 2. The minimum absolute atomic E-state index is 0.00533. The number of hydrogen-bond acceptors (Lipinski definition) is 8. The van der Waals surface area contributed by atoms with E-state index in [1.54, 1.807) is 11.3 Å². The van der Waals surface area contributed by atoms with Crippen LogP contribution in [0.1, 0.15) is 79.3 Å². The van der Waals surface area contributed by atoms with E-state index in [2.05, 4.69) is 24.0 Å². The van der Waals surface area contributed by atoms with Gasteiger partial charge >= 0.3 is 11.9 Å². The average molecular weight is 543 g/mol. The summed E-state index contributed by atoms with van der Waals surface area (Å²) in [5, 5.41) is 10.3. The number of aliphatic imine (C=N–C) groups is 1. The second-order valence-corrected chi connectivity index (χ2v) is 11.7. The Morgan fingerprint density at radius 3 is 2.46 bits per heavy atom. The van der Waals surface area contributed by atoms with Gasteiger partial charge in [-0.05, 0) is 65.7 Å². The Hall–Kier alpha value is -3.04. The van der Waals surface area contributed by atoms with E-state index in [1.807, 2.05) is 56.5 Å². The number of ether oxygens (including phenoxy) is 2. The number of esters is 2. The molecule has 0 bridgehead atoms. The van der Waals surface area contributed by atoms with Gasteiger partial charge in [-0.3, -0.25) is 19.1 Å². The second kappa shape index (κ2) is 10.8. The number of halogens is 1. The maximum atomic E-state index is 12.9. The zero-order valence-electron chi connectivity index (χ0n) is 21.9. The monoisotopic (exact) mass is 542 g/mol. The van der Waals surface area contributed by atoms with E-state index >= 15 is 0 Å². The van der Waals surface area contributed by atoms with Gasteiger partial charge in [0.1, 0.15) is 22.5 Å². The van der Waals surface area contributed by atoms with E-state index in [0.717, 1.165) is 33.2 Å². The van der Waals surface area contributed by atoms with Gasteiger partial charge in [0, 0.05) is 27.4 Å². The van der Waals surface area contributed by atoms with Crippen molar-refractivity contribution >= 4 is 40.6 Å². The summed E-state index contributed by atoms with van der Waals surface area (Å²) in [5.41, 5.74) is 3.26. The largest absolute Gasteiger partial charge is 0.466 e. The maximum Gasteiger partial charge on any atom is 0.308 e. The zero-order valence-corrected chi connectivity index (χ0v) is 23.5. The molecule has 8 nitrogen and oxygen atoms in total. The first-order chi connectivity index (χ1) is 17.4. The smallest absolute Gasteiger partial charge is 0.308 e. The Balaban J connectivity index is 1.59. The molecule has 0 spiro atoms. The van der Waals surface area contributed by atoms with Gasteiger partial charge in [0.2, 0.25) is 0 Å². The molecule has 1 aliphatic rings. The van der Waals surface area contributed by atoms with Gasteiger partial charge in [-0.15, -0.1) is 21.5 Å². The van der Waals surface area contributed by atoms with Crippen LogP contribution in [-0.4, -0.2) is 44.6 Å². The molecule has 4 rings (SSSR count). The highest BCUT2D eigenvalue weighted by atomic mass is 35.5. The van der Waals surface area contributed by atoms with E-state index in [0.29, 0.717) is 17.3 Å². The van der Waals surface area contributed by atoms with Crippen LogP contribution in [0.25, 0.3) is 5.00 Å². The molecule has 0 N–H and O–H groups in total. The van der Waals surface area contributed by atoms with Crippen LogP contribution in [0.15, 0.2) is 29.3 Å². The molecule has 1 aliphatic heterocycles. The molecular formula is C27H31ClN4O4S. The van der Waals surface area contributed by atoms with Crippen LogP contribution in [0.2, 0.25) is 5.02 Å². The Morgan fingerprint density at radius 1 is 1.08 bits per heavy atom. The third-order valence-corrected chi connectivity index (χ3v) is 7.37. The number of rotatable bonds is 7. The lowest BCUT2D eigenvalue weighted by molar-refractivity contribution is -0.156. The summed E-state index contributed by atoms with van der Waals surface area (Å²) in [7, 11) is 0. The van der Waals surface area contributed by atoms with Crippen molar-refractivity contribution in [2.75, 3.05) is 6.61 Å². The molecule has 0 fully saturated rings. The molecule has 0 aliphatic carbocycles. The molecule has 3 aromatic rings. The van der Waals surface area contributed by atoms with E-state index < -0.39 is 17.6 Å². The normalized spacial score (nSPS) is 14.9. The molecule has 3 heterocycles. The van der Waals surface area contributed by atoms with E-state index in [4.69, 9.17) is 26.1 Å². The van der Waals surface area contributed by atoms with Gasteiger partial charge < -0.3 is 9.47 Å². The van der Waals surface area contributed by atoms with Crippen molar-refractivity contribution in [1.82, 2.24) is 14.8 Å². The predicted octanol–water partition coefficient (Wildman–Crippen LogP) is 5.85. The number of benzene rings is 1. The summed E-state index contributed by atoms with van der Waals surface area (Å²) in [4.78, 5) is 31.0. The topological polar surface area (TPSA) is 95.7 Å². The molecule has 0 radical (unpaired) electrons. The van der Waals surface area contributed by atoms with Crippen LogP contribution in [-0.2, 0) is 19.1 Å². The average Bonchev–Trinajstić information content (AvgIpc) is 3.28. The van der Waals surface area contributed by atoms with Gasteiger partial charge in [-0.1, -0.05) is 23.7 Å². The molecule has 37 heavy (non-hydrogen) atoms. The van der Waals surface area contributed by atoms with Gasteiger partial charge in [-0.25, -0.2) is 0 Å². The van der Waals surface area contributed by atoms with Gasteiger partial charge in [0.15, 0.2) is 5.82 Å². The standard InChI is InChI=1S/C27H31ClN4O4S/c1-15-16(2)37-26-23(15)24(18-9-11-19(28)12-10-18)29-20(25-31-30-17(3)32(25)26)14-22(34)35-13-7-8-21(33)36-27(4,5)6/h9-12,20H,7-8,13-14H2,1-6H3/t20-/m0/s1. The van der Waals surface area contributed by atoms with Crippen molar-refractivity contribution in [1.29, 1.82) is 0 Å². The molecule has 2 aromatic heterocycles. The summed E-state index contributed by atoms with van der Waals surface area (Å²) >= 11 is 7.81. The third kappa shape index (κ3) is 6.10. The second-order valence-electron chi connectivity index (χ2n) is 10.0. The lowest BCUT2D eigenvalue weighted by Crippen LogP contribution is -2.24. The lowest BCUT2D eigenvalue weighted by Gasteiger charge is -2.19. The molecule has 10 heteroatoms. The van der Waals surface area contributed by atoms with Crippen LogP contribution in [0.4, 0.5) is 0 Å². The number of fused-ring (bicyclic) bond motifs is 3. The van der Waals surface area contributed by atoms with Gasteiger partial charge in [0.05, 0.1) is 18.7 Å². The quantitative estimate of drug-likeness (QED) is 0.274. The van der Waals surface area contributed by atoms with Crippen molar-refractivity contribution in [2.24, 2.45) is 4.99 Å². The number of nitrogens with zero attached hydrogens (tertiary/aromatic N) is 4. The Labute approximate surface area is 225 Å². The highest BCUT2D eigenvalue weighted by molar-refractivity contribution is 7.15. The first kappa shape index (κ1) is 27.0. The van der Waals surface area contributed by atoms with Crippen molar-refractivity contribution in [2.45, 2.75) is 72.4 Å². The minimum Gasteiger partial charge on any atom is -0.466 e. The highest BCUT2D eigenvalue weighted by Gasteiger charge is 2.32. The SMILES string of the molecule is Cc1sc2c(c1C)C(c1ccc(Cl)cc1)=N[C@@H](CC(=O)OCCCC(=O)OC(C)(C)C)c1nnc(C)n1-2. The molecule has 0 amide bonds. The molecular weight excluding hydrogens is 512 g/mol. The summed E-state index contributed by atoms with van der Waals surface area (Å²) in [6, 6.07) is 6.94. The number of carbonyl (C=O) groups is 2. The van der Waals surface area contributed by atoms with Crippen LogP contribution in [0, 0.1) is 20.8 Å². The van der Waals surface area contributed by atoms with E-state index in [-0.39, 0.29) is 25.4 Å². The molecule has 0 saturated heterocycles. The zero-order chi connectivity index (χ0) is 26.9. The highest BCUT2D eigenvalue weighted by Crippen LogP contribution is 2.39. The summed E-state index contributed by atoms with van der Waals surface area (Å²) in [5.74, 6) is 0.583. The predicted molar refractivity (Wildman–Crippen MR) is 144 cm³/mol. The van der Waals surface area contributed by atoms with Crippen molar-refractivity contribution in [3.63, 3.8) is 0 Å². The van der Waals surface area contributed by atoms with Crippen molar-refractivity contribution < 1.29 is 19.1 Å². The van der Waals surface area contributed by atoms with Gasteiger partial charge in [-0.2, -0.15) is 0 Å². The fourth-order valence-corrected chi connectivity index (χ4v) is 5.48. The maximum absolute atomic E-state index is 12.9. The fourth-order valence-electron chi connectivity index (χ4n) is 4.14. The third-order valence-electron chi connectivity index (χ3n) is 5.93. The lowest BCUT2D eigenvalue weighted by atomic mass is 9.99. The Kier molecular flexibility index (Phi) is 7.85. The molecule has 1 atom stereocenters. The van der Waals surface area contributed by atoms with Crippen LogP contribution < -0.4 is 0 Å². The minimum atomic E-state index is -0.593. The number of thiophene rings is 1. The first-order valence-corrected chi connectivity index (χ1v) is 13.4. The van der Waals surface area contributed by atoms with Crippen molar-refractivity contribution in [3.05, 3.63) is 62.5 Å². The molecule has 1 aromatic carbocycles. The summed E-state index contributed by atoms with van der Waals surface area (Å²) < 4.78 is 12.8. The Bertz CT molecular complexity index is 1350. The molecule has 0 saturated carbocycles. The number of hydrogen-bond donors (Lipinski definition) is 0. The van der Waals surface area contributed by atoms with E-state index in [9.17, 15) is 9.59 Å². The number of aryl methyl sites for hydroxylation is 2. The fraction of sp³-hybridized carbons (Fsp3) is 0.444. The van der Waals surface area contributed by atoms with Crippen LogP contribution in [0.3, 0.4) is 0 Å². The van der Waals surface area contributed by atoms with Crippen LogP contribution >= 0.6 is 22.9 Å².